The van der Waals surface area contributed by atoms with Crippen molar-refractivity contribution < 1.29 is 34.5 Å². The molecule has 4 rings (SSSR count). The topological polar surface area (TPSA) is 126 Å². The summed E-state index contributed by atoms with van der Waals surface area (Å²) in [4.78, 5) is 22.8. The molecule has 0 saturated heterocycles. The Morgan fingerprint density at radius 2 is 1.97 bits per heavy atom. The van der Waals surface area contributed by atoms with Crippen molar-refractivity contribution in [1.82, 2.24) is 0 Å². The summed E-state index contributed by atoms with van der Waals surface area (Å²) >= 11 is 0. The number of carbonyl (C=O) groups is 2. The number of benzene rings is 2. The molecule has 0 fully saturated rings. The second kappa shape index (κ2) is 7.90. The molecule has 8 nitrogen and oxygen atoms in total. The van der Waals surface area contributed by atoms with Gasteiger partial charge in [0.1, 0.15) is 18.3 Å². The predicted molar refractivity (Wildman–Crippen MR) is 107 cm³/mol. The molecule has 0 radical (unpaired) electrons. The van der Waals surface area contributed by atoms with Gasteiger partial charge in [0.05, 0.1) is 5.71 Å². The van der Waals surface area contributed by atoms with Crippen LogP contribution in [0.4, 0.5) is 0 Å². The van der Waals surface area contributed by atoms with Crippen molar-refractivity contribution in [1.29, 1.82) is 0 Å². The van der Waals surface area contributed by atoms with Crippen molar-refractivity contribution >= 4 is 29.3 Å². The van der Waals surface area contributed by atoms with Gasteiger partial charge >= 0.3 is 11.9 Å². The van der Waals surface area contributed by atoms with Crippen LogP contribution in [0.1, 0.15) is 39.9 Å². The Morgan fingerprint density at radius 3 is 2.70 bits per heavy atom. The van der Waals surface area contributed by atoms with E-state index in [4.69, 9.17) is 14.6 Å². The first-order chi connectivity index (χ1) is 14.5. The normalized spacial score (nSPS) is 19.7. The Balaban J connectivity index is 1.73. The van der Waals surface area contributed by atoms with Crippen molar-refractivity contribution in [3.63, 3.8) is 0 Å². The molecular formula is C22H19NO7. The van der Waals surface area contributed by atoms with Crippen molar-refractivity contribution in [3.8, 4) is 11.5 Å². The monoisotopic (exact) mass is 409 g/mol. The Labute approximate surface area is 171 Å². The highest BCUT2D eigenvalue weighted by molar-refractivity contribution is 6.32. The van der Waals surface area contributed by atoms with E-state index in [0.717, 1.165) is 11.1 Å². The van der Waals surface area contributed by atoms with Crippen LogP contribution in [-0.4, -0.2) is 45.8 Å². The molecule has 2 aromatic rings. The van der Waals surface area contributed by atoms with Crippen LogP contribution in [-0.2, 0) is 11.2 Å². The predicted octanol–water partition coefficient (Wildman–Crippen LogP) is 3.32. The van der Waals surface area contributed by atoms with E-state index >= 15 is 0 Å². The number of fused-ring (bicyclic) bond motifs is 2. The largest absolute Gasteiger partial charge is 0.485 e. The van der Waals surface area contributed by atoms with Crippen LogP contribution in [0.3, 0.4) is 0 Å². The lowest BCUT2D eigenvalue weighted by Crippen LogP contribution is -2.30. The Kier molecular flexibility index (Phi) is 5.14. The minimum atomic E-state index is -1.18. The quantitative estimate of drug-likeness (QED) is 0.511. The molecule has 1 atom stereocenters. The highest BCUT2D eigenvalue weighted by Gasteiger charge is 2.29. The summed E-state index contributed by atoms with van der Waals surface area (Å²) < 4.78 is 11.4. The Bertz CT molecular complexity index is 1090. The van der Waals surface area contributed by atoms with Crippen LogP contribution in [0, 0.1) is 0 Å². The zero-order chi connectivity index (χ0) is 21.3. The van der Waals surface area contributed by atoms with Gasteiger partial charge in [-0.3, -0.25) is 4.79 Å². The van der Waals surface area contributed by atoms with Gasteiger partial charge in [-0.2, -0.15) is 0 Å². The average molecular weight is 409 g/mol. The fourth-order valence-corrected chi connectivity index (χ4v) is 3.75. The van der Waals surface area contributed by atoms with Crippen LogP contribution in [0.5, 0.6) is 11.5 Å². The summed E-state index contributed by atoms with van der Waals surface area (Å²) in [7, 11) is 0. The molecule has 0 spiro atoms. The van der Waals surface area contributed by atoms with E-state index in [1.54, 1.807) is 18.2 Å². The summed E-state index contributed by atoms with van der Waals surface area (Å²) in [5.41, 5.74) is 3.31. The fraction of sp³-hybridized carbons (Fsp3) is 0.227. The van der Waals surface area contributed by atoms with Gasteiger partial charge in [-0.15, -0.1) is 0 Å². The maximum absolute atomic E-state index is 12.0. The number of aromatic carboxylic acids is 1. The first kappa shape index (κ1) is 19.5. The molecule has 0 bridgehead atoms. The lowest BCUT2D eigenvalue weighted by molar-refractivity contribution is -0.137. The third kappa shape index (κ3) is 3.59. The number of nitrogens with zero attached hydrogens (tertiary/aromatic N) is 1. The highest BCUT2D eigenvalue weighted by Crippen LogP contribution is 2.40. The van der Waals surface area contributed by atoms with Gasteiger partial charge in [0, 0.05) is 18.4 Å². The lowest BCUT2D eigenvalue weighted by atomic mass is 9.99. The third-order valence-electron chi connectivity index (χ3n) is 5.15. The zero-order valence-electron chi connectivity index (χ0n) is 15.9. The number of rotatable bonds is 5. The van der Waals surface area contributed by atoms with Gasteiger partial charge in [-0.05, 0) is 35.3 Å². The molecule has 1 aliphatic heterocycles. The first-order valence-corrected chi connectivity index (χ1v) is 9.40. The maximum Gasteiger partial charge on any atom is 0.340 e. The molecule has 3 N–H and O–H groups in total. The van der Waals surface area contributed by atoms with E-state index in [9.17, 15) is 19.9 Å². The van der Waals surface area contributed by atoms with E-state index in [0.29, 0.717) is 23.3 Å². The molecular weight excluding hydrogens is 390 g/mol. The molecule has 2 aliphatic rings. The molecule has 154 valence electrons. The van der Waals surface area contributed by atoms with Gasteiger partial charge < -0.3 is 24.9 Å². The number of carboxylic acids is 2. The number of hydrogen-bond acceptors (Lipinski definition) is 6. The van der Waals surface area contributed by atoms with Crippen molar-refractivity contribution in [3.05, 3.63) is 58.7 Å². The van der Waals surface area contributed by atoms with Crippen LogP contribution in [0.15, 0.2) is 41.6 Å². The second-order valence-electron chi connectivity index (χ2n) is 7.08. The van der Waals surface area contributed by atoms with Gasteiger partial charge in [0.25, 0.3) is 0 Å². The number of aliphatic carboxylic acids is 1. The lowest BCUT2D eigenvalue weighted by Gasteiger charge is -2.27. The third-order valence-corrected chi connectivity index (χ3v) is 5.15. The number of carboxylic acid groups (broad SMARTS) is 2. The standard InChI is InChI=1S/C22H19NO7/c24-19(25)8-6-14-11-29-21-18(30-14)7-5-13(20(21)22(26)27)9-16-15-4-2-1-3-12(15)10-17(16)23-28/h1-5,7,9,14,28H,6,8,10-11H2,(H,24,25)(H,26,27)/b16-9+,23-17+/t14-/m0/s1. The first-order valence-electron chi connectivity index (χ1n) is 9.40. The molecule has 1 aliphatic carbocycles. The van der Waals surface area contributed by atoms with Crippen molar-refractivity contribution in [2.75, 3.05) is 6.61 Å². The smallest absolute Gasteiger partial charge is 0.340 e. The van der Waals surface area contributed by atoms with Crippen LogP contribution < -0.4 is 9.47 Å². The summed E-state index contributed by atoms with van der Waals surface area (Å²) in [6.07, 6.45) is 1.86. The van der Waals surface area contributed by atoms with E-state index in [1.165, 1.54) is 0 Å². The zero-order valence-corrected chi connectivity index (χ0v) is 15.9. The molecule has 30 heavy (non-hydrogen) atoms. The number of allylic oxidation sites excluding steroid dienone is 1. The van der Waals surface area contributed by atoms with Crippen LogP contribution >= 0.6 is 0 Å². The second-order valence-corrected chi connectivity index (χ2v) is 7.08. The van der Waals surface area contributed by atoms with E-state index < -0.39 is 18.0 Å². The number of oxime groups is 1. The fourth-order valence-electron chi connectivity index (χ4n) is 3.75. The van der Waals surface area contributed by atoms with E-state index in [2.05, 4.69) is 5.16 Å². The van der Waals surface area contributed by atoms with Gasteiger partial charge in [0.15, 0.2) is 11.5 Å². The highest BCUT2D eigenvalue weighted by atomic mass is 16.6. The molecule has 0 unspecified atom stereocenters. The summed E-state index contributed by atoms with van der Waals surface area (Å²) in [6, 6.07) is 10.8. The molecule has 0 aromatic heterocycles. The SMILES string of the molecule is O=C(O)CC[C@H]1COc2c(ccc(/C=C3/C(=N/O)Cc4ccccc43)c2C(=O)O)O1. The van der Waals surface area contributed by atoms with E-state index in [-0.39, 0.29) is 36.5 Å². The molecule has 1 heterocycles. The summed E-state index contributed by atoms with van der Waals surface area (Å²) in [6.45, 7) is 0.0623. The minimum Gasteiger partial charge on any atom is -0.485 e. The minimum absolute atomic E-state index is 0.0571. The molecule has 0 amide bonds. The average Bonchev–Trinajstić information content (AvgIpc) is 3.09. The number of ether oxygens (including phenoxy) is 2. The van der Waals surface area contributed by atoms with Crippen molar-refractivity contribution in [2.24, 2.45) is 5.16 Å². The maximum atomic E-state index is 12.0. The summed E-state index contributed by atoms with van der Waals surface area (Å²) in [5.74, 6) is -1.74. The van der Waals surface area contributed by atoms with Gasteiger partial charge in [0.2, 0.25) is 0 Å². The van der Waals surface area contributed by atoms with Gasteiger partial charge in [-0.1, -0.05) is 35.5 Å². The molecule has 2 aromatic carbocycles. The number of hydrogen-bond donors (Lipinski definition) is 3. The van der Waals surface area contributed by atoms with E-state index in [1.807, 2.05) is 24.3 Å². The molecule has 0 saturated carbocycles. The Hall–Kier alpha value is -3.81. The molecule has 8 heteroatoms. The summed E-state index contributed by atoms with van der Waals surface area (Å²) in [5, 5.41) is 31.5. The van der Waals surface area contributed by atoms with Crippen molar-refractivity contribution in [2.45, 2.75) is 25.4 Å². The van der Waals surface area contributed by atoms with Crippen LogP contribution in [0.2, 0.25) is 0 Å². The van der Waals surface area contributed by atoms with Gasteiger partial charge in [-0.25, -0.2) is 4.79 Å². The van der Waals surface area contributed by atoms with Crippen LogP contribution in [0.25, 0.3) is 11.6 Å². The Morgan fingerprint density at radius 1 is 1.17 bits per heavy atom.